The maximum atomic E-state index is 13.5. The van der Waals surface area contributed by atoms with Gasteiger partial charge >= 0.3 is 0 Å². The van der Waals surface area contributed by atoms with E-state index in [0.717, 1.165) is 19.3 Å². The Hall–Kier alpha value is -3.56. The molecule has 2 heterocycles. The maximum Gasteiger partial charge on any atom is 0.251 e. The van der Waals surface area contributed by atoms with Crippen molar-refractivity contribution in [2.24, 2.45) is 0 Å². The van der Waals surface area contributed by atoms with Crippen molar-refractivity contribution in [3.63, 3.8) is 0 Å². The van der Waals surface area contributed by atoms with E-state index in [2.05, 4.69) is 5.32 Å². The molecule has 2 atom stereocenters. The zero-order valence-electron chi connectivity index (χ0n) is 19.5. The number of hydrogen-bond acceptors (Lipinski definition) is 7. The van der Waals surface area contributed by atoms with E-state index in [1.807, 2.05) is 4.90 Å². The molecule has 2 amide bonds. The smallest absolute Gasteiger partial charge is 0.251 e. The van der Waals surface area contributed by atoms with Gasteiger partial charge < -0.3 is 35.6 Å². The van der Waals surface area contributed by atoms with Gasteiger partial charge in [0.25, 0.3) is 5.91 Å². The molecule has 1 saturated heterocycles. The van der Waals surface area contributed by atoms with Gasteiger partial charge in [-0.1, -0.05) is 24.3 Å². The van der Waals surface area contributed by atoms with E-state index in [1.54, 1.807) is 42.5 Å². The van der Waals surface area contributed by atoms with Gasteiger partial charge in [-0.3, -0.25) is 9.59 Å². The van der Waals surface area contributed by atoms with Crippen molar-refractivity contribution in [1.29, 1.82) is 0 Å². The molecule has 9 nitrogen and oxygen atoms in total. The molecule has 0 unspecified atom stereocenters. The summed E-state index contributed by atoms with van der Waals surface area (Å²) in [6.07, 6.45) is 5.26. The quantitative estimate of drug-likeness (QED) is 0.335. The van der Waals surface area contributed by atoms with Gasteiger partial charge in [0.05, 0.1) is 18.6 Å². The lowest BCUT2D eigenvalue weighted by molar-refractivity contribution is -0.132. The van der Waals surface area contributed by atoms with Gasteiger partial charge in [0.1, 0.15) is 0 Å². The predicted octanol–water partition coefficient (Wildman–Crippen LogP) is 2.11. The largest absolute Gasteiger partial charge is 0.454 e. The van der Waals surface area contributed by atoms with Crippen LogP contribution in [0.5, 0.6) is 11.5 Å². The molecule has 2 aliphatic heterocycles. The van der Waals surface area contributed by atoms with E-state index in [9.17, 15) is 14.7 Å². The van der Waals surface area contributed by atoms with Crippen molar-refractivity contribution < 1.29 is 29.3 Å². The summed E-state index contributed by atoms with van der Waals surface area (Å²) in [6, 6.07) is 10.0. The van der Waals surface area contributed by atoms with Crippen LogP contribution in [0.2, 0.25) is 0 Å². The number of aliphatic hydroxyl groups excluding tert-OH is 2. The zero-order chi connectivity index (χ0) is 24.8. The molecule has 2 aliphatic rings. The molecule has 2 aromatic carbocycles. The number of amides is 2. The minimum atomic E-state index is -0.967. The third kappa shape index (κ3) is 5.75. The Morgan fingerprint density at radius 2 is 1.83 bits per heavy atom. The predicted molar refractivity (Wildman–Crippen MR) is 130 cm³/mol. The molecule has 0 aromatic heterocycles. The first kappa shape index (κ1) is 24.6. The molecule has 4 rings (SSSR count). The number of nitrogen functional groups attached to an aromatic ring is 1. The van der Waals surface area contributed by atoms with Crippen LogP contribution < -0.4 is 20.5 Å². The second-order valence-electron chi connectivity index (χ2n) is 8.63. The molecule has 9 heteroatoms. The van der Waals surface area contributed by atoms with E-state index in [1.165, 1.54) is 6.07 Å². The van der Waals surface area contributed by atoms with Gasteiger partial charge in [-0.25, -0.2) is 0 Å². The fourth-order valence-electron chi connectivity index (χ4n) is 4.33. The van der Waals surface area contributed by atoms with E-state index in [-0.39, 0.29) is 31.8 Å². The first-order valence-electron chi connectivity index (χ1n) is 11.8. The van der Waals surface area contributed by atoms with Gasteiger partial charge in [0.15, 0.2) is 11.5 Å². The fourth-order valence-corrected chi connectivity index (χ4v) is 4.33. The lowest BCUT2D eigenvalue weighted by atomic mass is 9.92. The van der Waals surface area contributed by atoms with E-state index in [4.69, 9.17) is 20.3 Å². The Balaban J connectivity index is 1.60. The highest BCUT2D eigenvalue weighted by Gasteiger charge is 2.27. The van der Waals surface area contributed by atoms with Gasteiger partial charge in [-0.15, -0.1) is 0 Å². The number of anilines is 1. The second-order valence-corrected chi connectivity index (χ2v) is 8.63. The highest BCUT2D eigenvalue weighted by atomic mass is 16.7. The summed E-state index contributed by atoms with van der Waals surface area (Å²) in [6.45, 7) is 1.47. The number of benzene rings is 2. The Morgan fingerprint density at radius 1 is 1.06 bits per heavy atom. The minimum Gasteiger partial charge on any atom is -0.454 e. The Kier molecular flexibility index (Phi) is 7.89. The number of hydrogen-bond donors (Lipinski definition) is 4. The summed E-state index contributed by atoms with van der Waals surface area (Å²) < 4.78 is 10.7. The first-order valence-corrected chi connectivity index (χ1v) is 11.8. The van der Waals surface area contributed by atoms with Crippen LogP contribution in [0.25, 0.3) is 0 Å². The summed E-state index contributed by atoms with van der Waals surface area (Å²) in [7, 11) is 0. The maximum absolute atomic E-state index is 13.5. The number of nitrogens with two attached hydrogens (primary N) is 1. The Bertz CT molecular complexity index is 1100. The molecule has 186 valence electrons. The lowest BCUT2D eigenvalue weighted by Crippen LogP contribution is -2.38. The molecular formula is C26H31N3O6. The van der Waals surface area contributed by atoms with Gasteiger partial charge in [-0.2, -0.15) is 0 Å². The number of fused-ring (bicyclic) bond motifs is 1. The molecule has 1 fully saturated rings. The van der Waals surface area contributed by atoms with Crippen LogP contribution >= 0.6 is 0 Å². The van der Waals surface area contributed by atoms with Crippen LogP contribution in [0.15, 0.2) is 48.6 Å². The highest BCUT2D eigenvalue weighted by Crippen LogP contribution is 2.35. The minimum absolute atomic E-state index is 0.0944. The number of nitrogens with zero attached hydrogens (tertiary/aromatic N) is 1. The molecule has 35 heavy (non-hydrogen) atoms. The number of likely N-dealkylation sites (tertiary alicyclic amines) is 1. The number of aliphatic hydroxyl groups is 2. The van der Waals surface area contributed by atoms with Crippen LogP contribution in [0.3, 0.4) is 0 Å². The molecule has 0 spiro atoms. The highest BCUT2D eigenvalue weighted by molar-refractivity contribution is 5.96. The number of carbonyl (C=O) groups is 2. The second kappa shape index (κ2) is 11.2. The van der Waals surface area contributed by atoms with Crippen molar-refractivity contribution in [3.05, 3.63) is 65.2 Å². The topological polar surface area (TPSA) is 134 Å². The average Bonchev–Trinajstić information content (AvgIpc) is 3.36. The summed E-state index contributed by atoms with van der Waals surface area (Å²) in [5.74, 6) is 0.0217. The van der Waals surface area contributed by atoms with Crippen molar-refractivity contribution in [1.82, 2.24) is 10.2 Å². The van der Waals surface area contributed by atoms with Crippen molar-refractivity contribution in [2.75, 3.05) is 38.8 Å². The van der Waals surface area contributed by atoms with Crippen LogP contribution in [0.4, 0.5) is 5.69 Å². The zero-order valence-corrected chi connectivity index (χ0v) is 19.5. The van der Waals surface area contributed by atoms with Gasteiger partial charge in [0.2, 0.25) is 12.7 Å². The number of piperidine rings is 1. The lowest BCUT2D eigenvalue weighted by Gasteiger charge is -2.30. The Labute approximate surface area is 204 Å². The summed E-state index contributed by atoms with van der Waals surface area (Å²) in [5, 5.41) is 22.3. The molecule has 0 aliphatic carbocycles. The molecule has 2 aromatic rings. The van der Waals surface area contributed by atoms with Crippen LogP contribution in [0, 0.1) is 0 Å². The standard InChI is InChI=1S/C26H31N3O6/c27-21-14-18(25(32)28-10-13-30)4-6-19(21)20(26(33)29-11-2-1-3-12-29)7-8-22(31)17-5-9-23-24(15-17)35-16-34-23/h4-9,14-15,20,22,30-31H,1-3,10-13,16,27H2,(H,28,32)/b8-7-/t20-,22+/m1/s1. The van der Waals surface area contributed by atoms with E-state index < -0.39 is 12.0 Å². The molecule has 5 N–H and O–H groups in total. The fraction of sp³-hybridized carbons (Fsp3) is 0.385. The van der Waals surface area contributed by atoms with E-state index >= 15 is 0 Å². The molecular weight excluding hydrogens is 450 g/mol. The van der Waals surface area contributed by atoms with Crippen molar-refractivity contribution in [2.45, 2.75) is 31.3 Å². The molecule has 0 saturated carbocycles. The summed E-state index contributed by atoms with van der Waals surface area (Å²) in [4.78, 5) is 27.6. The van der Waals surface area contributed by atoms with Gasteiger partial charge in [-0.05, 0) is 54.7 Å². The SMILES string of the molecule is Nc1cc(C(=O)NCCO)ccc1[C@@H](/C=C\[C@H](O)c1ccc2c(c1)OCO2)C(=O)N1CCCCC1. The number of carbonyl (C=O) groups excluding carboxylic acids is 2. The Morgan fingerprint density at radius 3 is 2.57 bits per heavy atom. The monoisotopic (exact) mass is 481 g/mol. The van der Waals surface area contributed by atoms with Crippen molar-refractivity contribution in [3.8, 4) is 11.5 Å². The number of nitrogens with one attached hydrogen (secondary N) is 1. The van der Waals surface area contributed by atoms with Crippen LogP contribution in [0.1, 0.15) is 52.8 Å². The third-order valence-corrected chi connectivity index (χ3v) is 6.24. The van der Waals surface area contributed by atoms with E-state index in [0.29, 0.717) is 47.0 Å². The normalized spacial score (nSPS) is 16.8. The molecule has 0 bridgehead atoms. The molecule has 0 radical (unpaired) electrons. The van der Waals surface area contributed by atoms with Crippen LogP contribution in [-0.2, 0) is 4.79 Å². The summed E-state index contributed by atoms with van der Waals surface area (Å²) in [5.41, 5.74) is 8.13. The summed E-state index contributed by atoms with van der Waals surface area (Å²) >= 11 is 0. The number of rotatable bonds is 8. The van der Waals surface area contributed by atoms with Crippen molar-refractivity contribution >= 4 is 17.5 Å². The average molecular weight is 482 g/mol. The van der Waals surface area contributed by atoms with Crippen LogP contribution in [-0.4, -0.2) is 60.0 Å². The number of ether oxygens (including phenoxy) is 2. The third-order valence-electron chi connectivity index (χ3n) is 6.24. The first-order chi connectivity index (χ1) is 17.0. The van der Waals surface area contributed by atoms with Gasteiger partial charge in [0, 0.05) is 30.9 Å².